The Balaban J connectivity index is 1.34. The molecule has 4 aromatic carbocycles. The molecule has 2 fully saturated rings. The van der Waals surface area contributed by atoms with E-state index in [1.807, 2.05) is 0 Å². The highest BCUT2D eigenvalue weighted by molar-refractivity contribution is 7.73. The van der Waals surface area contributed by atoms with E-state index in [9.17, 15) is 0 Å². The Morgan fingerprint density at radius 3 is 1.43 bits per heavy atom. The van der Waals surface area contributed by atoms with Gasteiger partial charge < -0.3 is 0 Å². The summed E-state index contributed by atoms with van der Waals surface area (Å²) in [5.41, 5.74) is 0.492. The molecule has 2 aliphatic carbocycles. The van der Waals surface area contributed by atoms with Crippen LogP contribution >= 0.6 is 15.8 Å². The molecule has 3 atom stereocenters. The predicted octanol–water partition coefficient (Wildman–Crippen LogP) is 7.06. The summed E-state index contributed by atoms with van der Waals surface area (Å²) in [6.45, 7) is 0. The minimum absolute atomic E-state index is 0.332. The molecule has 35 heavy (non-hydrogen) atoms. The smallest absolute Gasteiger partial charge is 0.0185 e. The van der Waals surface area contributed by atoms with Gasteiger partial charge in [-0.3, -0.25) is 0 Å². The second kappa shape index (κ2) is 10.4. The topological polar surface area (TPSA) is 0 Å². The van der Waals surface area contributed by atoms with Crippen molar-refractivity contribution in [3.8, 4) is 0 Å². The molecule has 2 saturated carbocycles. The fourth-order valence-corrected chi connectivity index (χ4v) is 12.4. The first kappa shape index (κ1) is 23.2. The molecule has 6 rings (SSSR count). The van der Waals surface area contributed by atoms with E-state index in [2.05, 4.69) is 121 Å². The minimum atomic E-state index is -0.343. The third-order valence-corrected chi connectivity index (χ3v) is 13.8. The Kier molecular flexibility index (Phi) is 6.87. The number of fused-ring (bicyclic) bond motifs is 2. The maximum absolute atomic E-state index is 2.38. The SMILES string of the molecule is c1ccc(P(CC2CC3CCC2(CP(c2ccccc2)c2ccccc2)C3)c2ccccc2)cc1. The summed E-state index contributed by atoms with van der Waals surface area (Å²) in [7, 11) is -0.674. The fourth-order valence-electron chi connectivity index (χ4n) is 6.69. The van der Waals surface area contributed by atoms with Crippen molar-refractivity contribution in [3.05, 3.63) is 121 Å². The van der Waals surface area contributed by atoms with Crippen molar-refractivity contribution in [1.29, 1.82) is 0 Å². The predicted molar refractivity (Wildman–Crippen MR) is 156 cm³/mol. The third-order valence-electron chi connectivity index (χ3n) is 8.38. The fraction of sp³-hybridized carbons (Fsp3) is 0.273. The average Bonchev–Trinajstić information content (AvgIpc) is 3.50. The van der Waals surface area contributed by atoms with Crippen LogP contribution in [0.5, 0.6) is 0 Å². The molecule has 2 bridgehead atoms. The highest BCUT2D eigenvalue weighted by Crippen LogP contribution is 2.63. The molecule has 176 valence electrons. The Hall–Kier alpha value is -2.26. The van der Waals surface area contributed by atoms with Gasteiger partial charge in [0.25, 0.3) is 0 Å². The van der Waals surface area contributed by atoms with Crippen molar-refractivity contribution < 1.29 is 0 Å². The lowest BCUT2D eigenvalue weighted by Gasteiger charge is -2.40. The molecule has 4 aromatic rings. The van der Waals surface area contributed by atoms with Gasteiger partial charge in [-0.2, -0.15) is 0 Å². The first-order valence-electron chi connectivity index (χ1n) is 13.1. The maximum Gasteiger partial charge on any atom is -0.0185 e. The number of benzene rings is 4. The van der Waals surface area contributed by atoms with Crippen LogP contribution in [0.25, 0.3) is 0 Å². The molecular weight excluding hydrogens is 458 g/mol. The van der Waals surface area contributed by atoms with Crippen molar-refractivity contribution in [2.24, 2.45) is 17.3 Å². The van der Waals surface area contributed by atoms with Gasteiger partial charge in [0.1, 0.15) is 0 Å². The summed E-state index contributed by atoms with van der Waals surface area (Å²) in [4.78, 5) is 0. The summed E-state index contributed by atoms with van der Waals surface area (Å²) in [5.74, 6) is 1.76. The van der Waals surface area contributed by atoms with Crippen LogP contribution in [-0.4, -0.2) is 12.3 Å². The van der Waals surface area contributed by atoms with Crippen molar-refractivity contribution >= 4 is 37.1 Å². The van der Waals surface area contributed by atoms with E-state index < -0.39 is 0 Å². The van der Waals surface area contributed by atoms with Gasteiger partial charge in [0, 0.05) is 0 Å². The zero-order valence-electron chi connectivity index (χ0n) is 20.3. The van der Waals surface area contributed by atoms with Crippen LogP contribution in [0, 0.1) is 17.3 Å². The number of hydrogen-bond acceptors (Lipinski definition) is 0. The van der Waals surface area contributed by atoms with Gasteiger partial charge in [0.05, 0.1) is 0 Å². The third kappa shape index (κ3) is 4.89. The summed E-state index contributed by atoms with van der Waals surface area (Å²) in [6, 6.07) is 45.5. The average molecular weight is 493 g/mol. The van der Waals surface area contributed by atoms with E-state index in [0.717, 1.165) is 11.8 Å². The van der Waals surface area contributed by atoms with Gasteiger partial charge in [0.15, 0.2) is 0 Å². The minimum Gasteiger partial charge on any atom is -0.0622 e. The Labute approximate surface area is 213 Å². The molecule has 2 aliphatic rings. The standard InChI is InChI=1S/C33H34P2/c1-5-13-29(14-6-1)34(30-15-7-2-8-16-30)25-28-23-27-21-22-33(28,24-27)26-35(31-17-9-3-10-18-31)32-19-11-4-12-20-32/h1-20,27-28H,21-26H2. The van der Waals surface area contributed by atoms with Crippen molar-refractivity contribution in [3.63, 3.8) is 0 Å². The molecule has 2 heteroatoms. The normalized spacial score (nSPS) is 23.3. The Bertz CT molecular complexity index is 1130. The van der Waals surface area contributed by atoms with Crippen molar-refractivity contribution in [2.45, 2.75) is 25.7 Å². The molecule has 0 heterocycles. The summed E-state index contributed by atoms with van der Waals surface area (Å²) < 4.78 is 0. The molecule has 0 nitrogen and oxygen atoms in total. The maximum atomic E-state index is 2.38. The van der Waals surface area contributed by atoms with Crippen LogP contribution in [0.15, 0.2) is 121 Å². The molecule has 0 N–H and O–H groups in total. The largest absolute Gasteiger partial charge is 0.0622 e. The number of hydrogen-bond donors (Lipinski definition) is 0. The van der Waals surface area contributed by atoms with E-state index in [-0.39, 0.29) is 15.8 Å². The van der Waals surface area contributed by atoms with Crippen LogP contribution in [-0.2, 0) is 0 Å². The zero-order valence-corrected chi connectivity index (χ0v) is 22.1. The first-order chi connectivity index (χ1) is 17.3. The van der Waals surface area contributed by atoms with Crippen LogP contribution in [0.3, 0.4) is 0 Å². The van der Waals surface area contributed by atoms with Crippen molar-refractivity contribution in [1.82, 2.24) is 0 Å². The second-order valence-corrected chi connectivity index (χ2v) is 14.9. The van der Waals surface area contributed by atoms with Crippen LogP contribution in [0.1, 0.15) is 25.7 Å². The van der Waals surface area contributed by atoms with Crippen LogP contribution < -0.4 is 21.2 Å². The molecule has 0 saturated heterocycles. The lowest BCUT2D eigenvalue weighted by molar-refractivity contribution is 0.239. The highest BCUT2D eigenvalue weighted by Gasteiger charge is 2.53. The molecule has 0 radical (unpaired) electrons. The Morgan fingerprint density at radius 2 is 1.00 bits per heavy atom. The van der Waals surface area contributed by atoms with Crippen LogP contribution in [0.4, 0.5) is 0 Å². The van der Waals surface area contributed by atoms with Crippen molar-refractivity contribution in [2.75, 3.05) is 12.3 Å². The molecule has 0 amide bonds. The molecule has 0 aromatic heterocycles. The van der Waals surface area contributed by atoms with Gasteiger partial charge in [-0.25, -0.2) is 0 Å². The monoisotopic (exact) mass is 492 g/mol. The summed E-state index contributed by atoms with van der Waals surface area (Å²) >= 11 is 0. The van der Waals surface area contributed by atoms with Gasteiger partial charge in [-0.15, -0.1) is 0 Å². The summed E-state index contributed by atoms with van der Waals surface area (Å²) in [5, 5.41) is 6.18. The van der Waals surface area contributed by atoms with Gasteiger partial charge >= 0.3 is 0 Å². The van der Waals surface area contributed by atoms with E-state index in [1.165, 1.54) is 38.0 Å². The second-order valence-electron chi connectivity index (χ2n) is 10.4. The van der Waals surface area contributed by atoms with Gasteiger partial charge in [0.2, 0.25) is 0 Å². The summed E-state index contributed by atoms with van der Waals surface area (Å²) in [6.07, 6.45) is 8.44. The van der Waals surface area contributed by atoms with E-state index in [4.69, 9.17) is 0 Å². The first-order valence-corrected chi connectivity index (χ1v) is 16.1. The van der Waals surface area contributed by atoms with E-state index >= 15 is 0 Å². The molecule has 0 aliphatic heterocycles. The Morgan fingerprint density at radius 1 is 0.571 bits per heavy atom. The lowest BCUT2D eigenvalue weighted by atomic mass is 9.77. The molecule has 0 spiro atoms. The molecule has 3 unspecified atom stereocenters. The van der Waals surface area contributed by atoms with Crippen LogP contribution in [0.2, 0.25) is 0 Å². The van der Waals surface area contributed by atoms with Gasteiger partial charge in [-0.1, -0.05) is 121 Å². The van der Waals surface area contributed by atoms with E-state index in [1.54, 1.807) is 21.2 Å². The quantitative estimate of drug-likeness (QED) is 0.231. The zero-order chi connectivity index (χ0) is 23.5. The number of rotatable bonds is 8. The molecular formula is C33H34P2. The lowest BCUT2D eigenvalue weighted by Crippen LogP contribution is -2.35. The van der Waals surface area contributed by atoms with Gasteiger partial charge in [-0.05, 0) is 92.3 Å². The highest BCUT2D eigenvalue weighted by atomic mass is 31.1. The van der Waals surface area contributed by atoms with E-state index in [0.29, 0.717) is 5.41 Å².